The van der Waals surface area contributed by atoms with Crippen molar-refractivity contribution in [3.05, 3.63) is 0 Å². The molecule has 0 bridgehead atoms. The van der Waals surface area contributed by atoms with E-state index in [-0.39, 0.29) is 12.7 Å². The molecule has 0 aliphatic rings. The predicted octanol–water partition coefficient (Wildman–Crippen LogP) is 1.61. The van der Waals surface area contributed by atoms with Crippen molar-refractivity contribution in [1.29, 1.82) is 0 Å². The van der Waals surface area contributed by atoms with E-state index in [2.05, 4.69) is 10.6 Å². The summed E-state index contributed by atoms with van der Waals surface area (Å²) in [5.41, 5.74) is -0.436. The molecule has 0 saturated carbocycles. The summed E-state index contributed by atoms with van der Waals surface area (Å²) in [6, 6.07) is 0. The predicted molar refractivity (Wildman–Crippen MR) is 80.8 cm³/mol. The zero-order valence-electron chi connectivity index (χ0n) is 12.3. The number of carbonyl (C=O) groups excluding carboxylic acids is 1. The minimum atomic E-state index is -0.436. The molecular weight excluding hydrogens is 264 g/mol. The third-order valence-corrected chi connectivity index (χ3v) is 3.14. The molecule has 1 amide bonds. The number of rotatable bonds is 10. The van der Waals surface area contributed by atoms with Gasteiger partial charge in [-0.25, -0.2) is 4.79 Å². The molecule has 0 fully saturated rings. The zero-order chi connectivity index (χ0) is 14.6. The van der Waals surface area contributed by atoms with Gasteiger partial charge >= 0.3 is 6.09 Å². The van der Waals surface area contributed by atoms with Crippen LogP contribution in [0, 0.1) is 0 Å². The van der Waals surface area contributed by atoms with Crippen LogP contribution in [0.3, 0.4) is 0 Å². The summed E-state index contributed by atoms with van der Waals surface area (Å²) in [5.74, 6) is 2.07. The quantitative estimate of drug-likeness (QED) is 0.534. The van der Waals surface area contributed by atoms with Crippen molar-refractivity contribution in [1.82, 2.24) is 10.6 Å². The molecular formula is C13H28N2O3S. The van der Waals surface area contributed by atoms with Crippen LogP contribution in [0.1, 0.15) is 33.6 Å². The Balaban J connectivity index is 3.21. The molecule has 0 aromatic heterocycles. The number of hydrogen-bond acceptors (Lipinski definition) is 5. The van der Waals surface area contributed by atoms with E-state index in [1.807, 2.05) is 32.5 Å². The third kappa shape index (κ3) is 15.5. The van der Waals surface area contributed by atoms with E-state index in [0.717, 1.165) is 37.4 Å². The highest BCUT2D eigenvalue weighted by Gasteiger charge is 2.15. The molecule has 0 aliphatic carbocycles. The Morgan fingerprint density at radius 3 is 2.53 bits per heavy atom. The van der Waals surface area contributed by atoms with Gasteiger partial charge in [0.1, 0.15) is 5.60 Å². The fourth-order valence-electron chi connectivity index (χ4n) is 1.26. The number of hydrogen-bond donors (Lipinski definition) is 3. The van der Waals surface area contributed by atoms with Crippen LogP contribution in [0.15, 0.2) is 0 Å². The first kappa shape index (κ1) is 18.5. The van der Waals surface area contributed by atoms with Crippen molar-refractivity contribution >= 4 is 17.9 Å². The van der Waals surface area contributed by atoms with Gasteiger partial charge in [-0.1, -0.05) is 0 Å². The standard InChI is InChI=1S/C13H28N2O3S/c1-13(2,3)18-12(17)15-7-4-6-14-8-11-19-10-5-9-16/h14,16H,4-11H2,1-3H3,(H,15,17). The summed E-state index contributed by atoms with van der Waals surface area (Å²) >= 11 is 1.84. The minimum absolute atomic E-state index is 0.275. The Morgan fingerprint density at radius 2 is 1.89 bits per heavy atom. The van der Waals surface area contributed by atoms with E-state index in [9.17, 15) is 4.79 Å². The van der Waals surface area contributed by atoms with Crippen molar-refractivity contribution < 1.29 is 14.6 Å². The Labute approximate surface area is 120 Å². The SMILES string of the molecule is CC(C)(C)OC(=O)NCCCNCCSCCCO. The van der Waals surface area contributed by atoms with Crippen LogP contribution in [-0.2, 0) is 4.74 Å². The lowest BCUT2D eigenvalue weighted by molar-refractivity contribution is 0.0527. The van der Waals surface area contributed by atoms with Gasteiger partial charge in [0, 0.05) is 25.4 Å². The lowest BCUT2D eigenvalue weighted by atomic mass is 10.2. The van der Waals surface area contributed by atoms with Crippen LogP contribution < -0.4 is 10.6 Å². The lowest BCUT2D eigenvalue weighted by Crippen LogP contribution is -2.34. The molecule has 0 spiro atoms. The maximum absolute atomic E-state index is 11.3. The summed E-state index contributed by atoms with van der Waals surface area (Å²) in [7, 11) is 0. The van der Waals surface area contributed by atoms with Crippen LogP contribution in [0.5, 0.6) is 0 Å². The number of nitrogens with one attached hydrogen (secondary N) is 2. The number of ether oxygens (including phenoxy) is 1. The van der Waals surface area contributed by atoms with Crippen LogP contribution in [0.2, 0.25) is 0 Å². The molecule has 0 saturated heterocycles. The van der Waals surface area contributed by atoms with Crippen molar-refractivity contribution in [3.63, 3.8) is 0 Å². The van der Waals surface area contributed by atoms with Gasteiger partial charge in [0.05, 0.1) is 0 Å². The Hall–Kier alpha value is -0.460. The molecule has 0 atom stereocenters. The first-order chi connectivity index (χ1) is 8.95. The highest BCUT2D eigenvalue weighted by Crippen LogP contribution is 2.06. The molecule has 0 aromatic carbocycles. The normalized spacial score (nSPS) is 11.4. The van der Waals surface area contributed by atoms with Gasteiger partial charge in [-0.3, -0.25) is 0 Å². The molecule has 114 valence electrons. The van der Waals surface area contributed by atoms with Crippen molar-refractivity contribution in [2.45, 2.75) is 39.2 Å². The Bertz CT molecular complexity index is 232. The molecule has 0 aromatic rings. The molecule has 5 nitrogen and oxygen atoms in total. The first-order valence-corrected chi connectivity index (χ1v) is 7.97. The highest BCUT2D eigenvalue weighted by molar-refractivity contribution is 7.99. The summed E-state index contributed by atoms with van der Waals surface area (Å²) < 4.78 is 5.13. The fraction of sp³-hybridized carbons (Fsp3) is 0.923. The van der Waals surface area contributed by atoms with E-state index >= 15 is 0 Å². The van der Waals surface area contributed by atoms with E-state index in [1.165, 1.54) is 0 Å². The zero-order valence-corrected chi connectivity index (χ0v) is 13.1. The number of aliphatic hydroxyl groups excluding tert-OH is 1. The molecule has 0 heterocycles. The average Bonchev–Trinajstić information content (AvgIpc) is 2.29. The number of aliphatic hydroxyl groups is 1. The van der Waals surface area contributed by atoms with Gasteiger partial charge in [-0.15, -0.1) is 0 Å². The van der Waals surface area contributed by atoms with Gasteiger partial charge < -0.3 is 20.5 Å². The van der Waals surface area contributed by atoms with Crippen LogP contribution in [-0.4, -0.2) is 54.5 Å². The molecule has 0 aliphatic heterocycles. The van der Waals surface area contributed by atoms with E-state index in [0.29, 0.717) is 6.54 Å². The monoisotopic (exact) mass is 292 g/mol. The molecule has 0 unspecified atom stereocenters. The van der Waals surface area contributed by atoms with Gasteiger partial charge in [0.2, 0.25) is 0 Å². The molecule has 6 heteroatoms. The maximum atomic E-state index is 11.3. The summed E-state index contributed by atoms with van der Waals surface area (Å²) in [4.78, 5) is 11.3. The van der Waals surface area contributed by atoms with Gasteiger partial charge in [0.15, 0.2) is 0 Å². The van der Waals surface area contributed by atoms with E-state index < -0.39 is 5.60 Å². The number of alkyl carbamates (subject to hydrolysis) is 1. The van der Waals surface area contributed by atoms with Gasteiger partial charge in [0.25, 0.3) is 0 Å². The van der Waals surface area contributed by atoms with Crippen LogP contribution in [0.4, 0.5) is 4.79 Å². The van der Waals surface area contributed by atoms with Gasteiger partial charge in [-0.05, 0) is 45.9 Å². The van der Waals surface area contributed by atoms with Crippen molar-refractivity contribution in [2.24, 2.45) is 0 Å². The third-order valence-electron chi connectivity index (χ3n) is 2.07. The summed E-state index contributed by atoms with van der Waals surface area (Å²) in [6.45, 7) is 8.29. The topological polar surface area (TPSA) is 70.6 Å². The van der Waals surface area contributed by atoms with Crippen LogP contribution >= 0.6 is 11.8 Å². The Morgan fingerprint density at radius 1 is 1.16 bits per heavy atom. The number of thioether (sulfide) groups is 1. The van der Waals surface area contributed by atoms with E-state index in [1.54, 1.807) is 0 Å². The van der Waals surface area contributed by atoms with E-state index in [4.69, 9.17) is 9.84 Å². The number of carbonyl (C=O) groups is 1. The average molecular weight is 292 g/mol. The molecule has 0 rings (SSSR count). The first-order valence-electron chi connectivity index (χ1n) is 6.82. The smallest absolute Gasteiger partial charge is 0.407 e. The van der Waals surface area contributed by atoms with Crippen LogP contribution in [0.25, 0.3) is 0 Å². The second kappa shape index (κ2) is 11.4. The molecule has 3 N–H and O–H groups in total. The lowest BCUT2D eigenvalue weighted by Gasteiger charge is -2.19. The fourth-order valence-corrected chi connectivity index (χ4v) is 2.08. The van der Waals surface area contributed by atoms with Crippen molar-refractivity contribution in [2.75, 3.05) is 37.7 Å². The Kier molecular flexibility index (Phi) is 11.1. The summed E-state index contributed by atoms with van der Waals surface area (Å²) in [5, 5.41) is 14.6. The second-order valence-corrected chi connectivity index (χ2v) is 6.45. The highest BCUT2D eigenvalue weighted by atomic mass is 32.2. The van der Waals surface area contributed by atoms with Gasteiger partial charge in [-0.2, -0.15) is 11.8 Å². The molecule has 0 radical (unpaired) electrons. The summed E-state index contributed by atoms with van der Waals surface area (Å²) in [6.07, 6.45) is 1.40. The minimum Gasteiger partial charge on any atom is -0.444 e. The van der Waals surface area contributed by atoms with Crippen molar-refractivity contribution in [3.8, 4) is 0 Å². The largest absolute Gasteiger partial charge is 0.444 e. The second-order valence-electron chi connectivity index (χ2n) is 5.22. The molecule has 19 heavy (non-hydrogen) atoms. The number of amides is 1. The maximum Gasteiger partial charge on any atom is 0.407 e.